The first-order valence-electron chi connectivity index (χ1n) is 4.72. The Morgan fingerprint density at radius 1 is 1.47 bits per heavy atom. The third-order valence-electron chi connectivity index (χ3n) is 2.48. The number of nitriles is 1. The predicted octanol–water partition coefficient (Wildman–Crippen LogP) is 3.31. The van der Waals surface area contributed by atoms with Crippen LogP contribution in [0, 0.1) is 20.8 Å². The van der Waals surface area contributed by atoms with Crippen molar-refractivity contribution in [1.29, 1.82) is 5.26 Å². The van der Waals surface area contributed by atoms with Gasteiger partial charge >= 0.3 is 0 Å². The molecule has 88 valence electrons. The quantitative estimate of drug-likeness (QED) is 0.484. The van der Waals surface area contributed by atoms with Crippen LogP contribution in [0.1, 0.15) is 10.8 Å². The molecule has 0 N–H and O–H groups in total. The first-order valence-corrected chi connectivity index (χ1v) is 6.92. The SMILES string of the molecule is N#CS[C@H]1S[C@@H](c2ccc(Cl)cc2)[C@@H]1[N+](=O)[O-]. The van der Waals surface area contributed by atoms with Crippen LogP contribution in [-0.2, 0) is 0 Å². The molecule has 0 spiro atoms. The number of nitro groups is 1. The Bertz CT molecular complexity index is 474. The summed E-state index contributed by atoms with van der Waals surface area (Å²) in [4.78, 5) is 10.7. The summed E-state index contributed by atoms with van der Waals surface area (Å²) in [6.45, 7) is 0. The molecule has 2 rings (SSSR count). The van der Waals surface area contributed by atoms with E-state index in [9.17, 15) is 10.1 Å². The molecular formula is C10H7ClN2O2S2. The van der Waals surface area contributed by atoms with E-state index in [0.29, 0.717) is 5.02 Å². The summed E-state index contributed by atoms with van der Waals surface area (Å²) in [5.41, 5.74) is 0.885. The maximum atomic E-state index is 11.0. The second kappa shape index (κ2) is 5.17. The first-order chi connectivity index (χ1) is 8.13. The third-order valence-corrected chi connectivity index (χ3v) is 5.36. The zero-order valence-electron chi connectivity index (χ0n) is 8.45. The normalized spacial score (nSPS) is 26.9. The van der Waals surface area contributed by atoms with Gasteiger partial charge in [0.2, 0.25) is 0 Å². The lowest BCUT2D eigenvalue weighted by Gasteiger charge is -2.35. The molecule has 0 amide bonds. The average molecular weight is 287 g/mol. The molecular weight excluding hydrogens is 280 g/mol. The predicted molar refractivity (Wildman–Crippen MR) is 69.6 cm³/mol. The van der Waals surface area contributed by atoms with Crippen molar-refractivity contribution in [3.8, 4) is 5.40 Å². The van der Waals surface area contributed by atoms with Gasteiger partial charge in [-0.1, -0.05) is 23.7 Å². The van der Waals surface area contributed by atoms with Crippen LogP contribution in [0.4, 0.5) is 0 Å². The summed E-state index contributed by atoms with van der Waals surface area (Å²) >= 11 is 8.17. The molecule has 0 saturated carbocycles. The fourth-order valence-corrected chi connectivity index (χ4v) is 4.25. The van der Waals surface area contributed by atoms with Crippen LogP contribution in [-0.4, -0.2) is 15.5 Å². The van der Waals surface area contributed by atoms with E-state index in [-0.39, 0.29) is 14.8 Å². The minimum atomic E-state index is -0.703. The van der Waals surface area contributed by atoms with E-state index in [1.54, 1.807) is 24.3 Å². The largest absolute Gasteiger partial charge is 0.264 e. The summed E-state index contributed by atoms with van der Waals surface area (Å²) in [5.74, 6) is 0. The van der Waals surface area contributed by atoms with Crippen molar-refractivity contribution < 1.29 is 4.92 Å². The number of thioether (sulfide) groups is 2. The zero-order chi connectivity index (χ0) is 12.4. The Hall–Kier alpha value is -0.900. The van der Waals surface area contributed by atoms with Crippen LogP contribution in [0.2, 0.25) is 5.02 Å². The summed E-state index contributed by atoms with van der Waals surface area (Å²) in [6.07, 6.45) is 0. The monoisotopic (exact) mass is 286 g/mol. The van der Waals surface area contributed by atoms with Crippen molar-refractivity contribution in [3.63, 3.8) is 0 Å². The van der Waals surface area contributed by atoms with Gasteiger partial charge in [-0.3, -0.25) is 10.1 Å². The number of hydrogen-bond donors (Lipinski definition) is 0. The molecule has 3 atom stereocenters. The summed E-state index contributed by atoms with van der Waals surface area (Å²) < 4.78 is -0.282. The Labute approximate surface area is 111 Å². The number of halogens is 1. The smallest absolute Gasteiger partial charge is 0.250 e. The fourth-order valence-electron chi connectivity index (χ4n) is 1.65. The minimum Gasteiger partial charge on any atom is -0.264 e. The van der Waals surface area contributed by atoms with Crippen LogP contribution in [0.15, 0.2) is 24.3 Å². The van der Waals surface area contributed by atoms with Gasteiger partial charge in [0, 0.05) is 9.95 Å². The zero-order valence-corrected chi connectivity index (χ0v) is 10.8. The van der Waals surface area contributed by atoms with Gasteiger partial charge in [-0.15, -0.1) is 11.8 Å². The number of thiocyanates is 1. The molecule has 0 unspecified atom stereocenters. The van der Waals surface area contributed by atoms with Gasteiger partial charge < -0.3 is 0 Å². The van der Waals surface area contributed by atoms with Crippen molar-refractivity contribution in [1.82, 2.24) is 0 Å². The highest BCUT2D eigenvalue weighted by Gasteiger charge is 2.52. The van der Waals surface area contributed by atoms with E-state index >= 15 is 0 Å². The maximum absolute atomic E-state index is 11.0. The Morgan fingerprint density at radius 2 is 2.12 bits per heavy atom. The Balaban J connectivity index is 2.16. The molecule has 1 fully saturated rings. The molecule has 0 aliphatic carbocycles. The van der Waals surface area contributed by atoms with E-state index < -0.39 is 6.04 Å². The van der Waals surface area contributed by atoms with Crippen molar-refractivity contribution in [3.05, 3.63) is 45.0 Å². The van der Waals surface area contributed by atoms with Crippen molar-refractivity contribution in [2.45, 2.75) is 15.9 Å². The molecule has 0 aromatic heterocycles. The van der Waals surface area contributed by atoms with Gasteiger partial charge in [-0.05, 0) is 29.5 Å². The fraction of sp³-hybridized carbons (Fsp3) is 0.300. The molecule has 1 aliphatic rings. The summed E-state index contributed by atoms with van der Waals surface area (Å²) in [5, 5.41) is 21.8. The standard InChI is InChI=1S/C10H7ClN2O2S2/c11-7-3-1-6(2-4-7)9-8(13(14)15)10(17-9)16-5-12/h1-4,8-10H/t8-,9-,10-/m0/s1. The maximum Gasteiger partial charge on any atom is 0.250 e. The summed E-state index contributed by atoms with van der Waals surface area (Å²) in [7, 11) is 0. The minimum absolute atomic E-state index is 0.187. The van der Waals surface area contributed by atoms with Crippen molar-refractivity contribution in [2.24, 2.45) is 0 Å². The molecule has 7 heteroatoms. The number of rotatable bonds is 3. The van der Waals surface area contributed by atoms with Gasteiger partial charge in [0.1, 0.15) is 15.2 Å². The Kier molecular flexibility index (Phi) is 3.82. The van der Waals surface area contributed by atoms with E-state index in [2.05, 4.69) is 0 Å². The highest BCUT2D eigenvalue weighted by atomic mass is 35.5. The topological polar surface area (TPSA) is 66.9 Å². The third kappa shape index (κ3) is 2.51. The lowest BCUT2D eigenvalue weighted by molar-refractivity contribution is -0.522. The number of benzene rings is 1. The lowest BCUT2D eigenvalue weighted by Crippen LogP contribution is -2.43. The first kappa shape index (κ1) is 12.6. The van der Waals surface area contributed by atoms with Crippen molar-refractivity contribution >= 4 is 35.1 Å². The van der Waals surface area contributed by atoms with E-state index in [0.717, 1.165) is 17.3 Å². The molecule has 17 heavy (non-hydrogen) atoms. The van der Waals surface area contributed by atoms with Gasteiger partial charge in [0.15, 0.2) is 0 Å². The van der Waals surface area contributed by atoms with E-state index in [1.165, 1.54) is 11.8 Å². The summed E-state index contributed by atoms with van der Waals surface area (Å²) in [6, 6.07) is 6.33. The van der Waals surface area contributed by atoms with Gasteiger partial charge in [0.25, 0.3) is 6.04 Å². The van der Waals surface area contributed by atoms with Gasteiger partial charge in [-0.25, -0.2) is 0 Å². The lowest BCUT2D eigenvalue weighted by atomic mass is 10.1. The van der Waals surface area contributed by atoms with E-state index in [1.807, 2.05) is 5.40 Å². The van der Waals surface area contributed by atoms with Crippen LogP contribution in [0.25, 0.3) is 0 Å². The van der Waals surface area contributed by atoms with Crippen LogP contribution in [0.3, 0.4) is 0 Å². The van der Waals surface area contributed by atoms with Crippen LogP contribution >= 0.6 is 35.1 Å². The average Bonchev–Trinajstić information content (AvgIpc) is 2.24. The highest BCUT2D eigenvalue weighted by Crippen LogP contribution is 2.54. The molecule has 1 heterocycles. The molecule has 1 aromatic carbocycles. The molecule has 1 aliphatic heterocycles. The second-order valence-corrected chi connectivity index (χ2v) is 6.41. The molecule has 1 saturated heterocycles. The molecule has 0 radical (unpaired) electrons. The van der Waals surface area contributed by atoms with Gasteiger partial charge in [-0.2, -0.15) is 5.26 Å². The number of hydrogen-bond acceptors (Lipinski definition) is 5. The number of nitrogens with zero attached hydrogens (tertiary/aromatic N) is 2. The second-order valence-electron chi connectivity index (χ2n) is 3.46. The van der Waals surface area contributed by atoms with Crippen molar-refractivity contribution in [2.75, 3.05) is 0 Å². The van der Waals surface area contributed by atoms with Crippen LogP contribution < -0.4 is 0 Å². The Morgan fingerprint density at radius 3 is 2.65 bits per heavy atom. The highest BCUT2D eigenvalue weighted by molar-refractivity contribution is 8.20. The molecule has 4 nitrogen and oxygen atoms in total. The van der Waals surface area contributed by atoms with E-state index in [4.69, 9.17) is 16.9 Å². The molecule has 0 bridgehead atoms. The van der Waals surface area contributed by atoms with Crippen LogP contribution in [0.5, 0.6) is 0 Å². The van der Waals surface area contributed by atoms with Gasteiger partial charge in [0.05, 0.1) is 0 Å². The molecule has 1 aromatic rings.